The van der Waals surface area contributed by atoms with E-state index in [1.807, 2.05) is 45.0 Å². The monoisotopic (exact) mass is 404 g/mol. The fraction of sp³-hybridized carbons (Fsp3) is 0.294. The van der Waals surface area contributed by atoms with Crippen molar-refractivity contribution in [2.75, 3.05) is 0 Å². The lowest BCUT2D eigenvalue weighted by atomic mass is 9.97. The van der Waals surface area contributed by atoms with Crippen molar-refractivity contribution < 1.29 is 13.9 Å². The average molecular weight is 405 g/mol. The Morgan fingerprint density at radius 2 is 2.12 bits per heavy atom. The van der Waals surface area contributed by atoms with E-state index >= 15 is 0 Å². The lowest BCUT2D eigenvalue weighted by Crippen LogP contribution is -2.11. The van der Waals surface area contributed by atoms with Gasteiger partial charge in [0.15, 0.2) is 6.61 Å². The lowest BCUT2D eigenvalue weighted by Gasteiger charge is -2.10. The predicted molar refractivity (Wildman–Crippen MR) is 93.4 cm³/mol. The van der Waals surface area contributed by atoms with Gasteiger partial charge in [0.05, 0.1) is 17.4 Å². The first-order valence-electron chi connectivity index (χ1n) is 7.63. The van der Waals surface area contributed by atoms with E-state index in [1.54, 1.807) is 10.9 Å². The van der Waals surface area contributed by atoms with Gasteiger partial charge in [-0.25, -0.2) is 9.48 Å². The molecule has 0 amide bonds. The van der Waals surface area contributed by atoms with Gasteiger partial charge in [0.25, 0.3) is 5.89 Å². The average Bonchev–Trinajstić information content (AvgIpc) is 3.21. The smallest absolute Gasteiger partial charge is 0.341 e. The van der Waals surface area contributed by atoms with Crippen LogP contribution in [0.2, 0.25) is 0 Å². The van der Waals surface area contributed by atoms with Gasteiger partial charge in [0, 0.05) is 16.1 Å². The summed E-state index contributed by atoms with van der Waals surface area (Å²) < 4.78 is 13.2. The van der Waals surface area contributed by atoms with E-state index in [1.165, 1.54) is 6.20 Å². The molecule has 0 bridgehead atoms. The maximum absolute atomic E-state index is 12.2. The lowest BCUT2D eigenvalue weighted by molar-refractivity contribution is 0.0435. The molecule has 8 heteroatoms. The van der Waals surface area contributed by atoms with Crippen LogP contribution in [0.15, 0.2) is 45.5 Å². The molecule has 2 heterocycles. The Morgan fingerprint density at radius 3 is 2.80 bits per heavy atom. The molecule has 3 rings (SSSR count). The number of rotatable bonds is 4. The summed E-state index contributed by atoms with van der Waals surface area (Å²) in [5.74, 6) is 0.260. The first-order valence-corrected chi connectivity index (χ1v) is 8.43. The van der Waals surface area contributed by atoms with Gasteiger partial charge < -0.3 is 9.15 Å². The number of carbonyl (C=O) groups excluding carboxylic acids is 1. The molecule has 0 atom stereocenters. The van der Waals surface area contributed by atoms with Crippen molar-refractivity contribution in [2.45, 2.75) is 32.8 Å². The largest absolute Gasteiger partial charge is 0.452 e. The number of halogens is 1. The Labute approximate surface area is 153 Å². The number of carbonyl (C=O) groups is 1. The van der Waals surface area contributed by atoms with E-state index in [-0.39, 0.29) is 17.9 Å². The van der Waals surface area contributed by atoms with Gasteiger partial charge in [0.1, 0.15) is 0 Å². The van der Waals surface area contributed by atoms with Crippen molar-refractivity contribution in [3.8, 4) is 5.69 Å². The summed E-state index contributed by atoms with van der Waals surface area (Å²) in [6.07, 6.45) is 3.07. The van der Waals surface area contributed by atoms with Crippen LogP contribution in [-0.4, -0.2) is 25.9 Å². The molecule has 0 radical (unpaired) electrons. The molecule has 25 heavy (non-hydrogen) atoms. The first-order chi connectivity index (χ1) is 11.8. The highest BCUT2D eigenvalue weighted by Crippen LogP contribution is 2.20. The molecule has 0 spiro atoms. The topological polar surface area (TPSA) is 83.0 Å². The summed E-state index contributed by atoms with van der Waals surface area (Å²) in [5.41, 5.74) is 0.927. The maximum Gasteiger partial charge on any atom is 0.341 e. The normalized spacial score (nSPS) is 11.5. The van der Waals surface area contributed by atoms with Crippen molar-refractivity contribution in [1.29, 1.82) is 0 Å². The van der Waals surface area contributed by atoms with E-state index < -0.39 is 5.97 Å². The first kappa shape index (κ1) is 17.3. The molecule has 7 nitrogen and oxygen atoms in total. The van der Waals surface area contributed by atoms with Crippen LogP contribution in [0.3, 0.4) is 0 Å². The van der Waals surface area contributed by atoms with Crippen LogP contribution in [0.4, 0.5) is 0 Å². The van der Waals surface area contributed by atoms with Crippen molar-refractivity contribution in [3.63, 3.8) is 0 Å². The van der Waals surface area contributed by atoms with Gasteiger partial charge in [-0.05, 0) is 18.2 Å². The number of esters is 1. The molecule has 1 aromatic carbocycles. The minimum absolute atomic E-state index is 0.0794. The summed E-state index contributed by atoms with van der Waals surface area (Å²) >= 11 is 3.41. The van der Waals surface area contributed by atoms with Crippen LogP contribution in [0.1, 0.15) is 42.9 Å². The summed E-state index contributed by atoms with van der Waals surface area (Å²) in [6.45, 7) is 5.82. The van der Waals surface area contributed by atoms with E-state index in [0.717, 1.165) is 10.2 Å². The summed E-state index contributed by atoms with van der Waals surface area (Å²) in [5, 5.41) is 12.0. The second-order valence-corrected chi connectivity index (χ2v) is 7.40. The number of hydrogen-bond acceptors (Lipinski definition) is 6. The van der Waals surface area contributed by atoms with Crippen LogP contribution in [0.5, 0.6) is 0 Å². The zero-order valence-electron chi connectivity index (χ0n) is 14.1. The standard InChI is InChI=1S/C17H17BrN4O3/c1-17(2,3)16-21-20-14(25-16)10-24-15(23)11-8-19-22(9-11)13-6-4-5-12(18)7-13/h4-9H,10H2,1-3H3. The summed E-state index contributed by atoms with van der Waals surface area (Å²) in [6, 6.07) is 7.59. The maximum atomic E-state index is 12.2. The number of nitrogens with zero attached hydrogens (tertiary/aromatic N) is 4. The van der Waals surface area contributed by atoms with Gasteiger partial charge in [0.2, 0.25) is 5.89 Å². The highest BCUT2D eigenvalue weighted by atomic mass is 79.9. The molecule has 0 fully saturated rings. The molecule has 0 saturated carbocycles. The van der Waals surface area contributed by atoms with Crippen LogP contribution in [0.25, 0.3) is 5.69 Å². The highest BCUT2D eigenvalue weighted by molar-refractivity contribution is 9.10. The van der Waals surface area contributed by atoms with Gasteiger partial charge in [-0.3, -0.25) is 0 Å². The Morgan fingerprint density at radius 1 is 1.32 bits per heavy atom. The number of hydrogen-bond donors (Lipinski definition) is 0. The van der Waals surface area contributed by atoms with E-state index in [9.17, 15) is 4.79 Å². The third-order valence-electron chi connectivity index (χ3n) is 3.33. The van der Waals surface area contributed by atoms with Crippen molar-refractivity contribution in [1.82, 2.24) is 20.0 Å². The Bertz CT molecular complexity index is 895. The number of benzene rings is 1. The molecule has 130 valence electrons. The zero-order chi connectivity index (χ0) is 18.0. The van der Waals surface area contributed by atoms with Gasteiger partial charge in [-0.1, -0.05) is 42.8 Å². The fourth-order valence-corrected chi connectivity index (χ4v) is 2.40. The van der Waals surface area contributed by atoms with Crippen LogP contribution in [0, 0.1) is 0 Å². The molecule has 0 unspecified atom stereocenters. The molecular weight excluding hydrogens is 388 g/mol. The van der Waals surface area contributed by atoms with Crippen molar-refractivity contribution in [3.05, 3.63) is 58.5 Å². The minimum atomic E-state index is -0.503. The summed E-state index contributed by atoms with van der Waals surface area (Å²) in [4.78, 5) is 12.2. The fourth-order valence-electron chi connectivity index (χ4n) is 2.01. The molecule has 0 aliphatic carbocycles. The van der Waals surface area contributed by atoms with Crippen LogP contribution < -0.4 is 0 Å². The quantitative estimate of drug-likeness (QED) is 0.616. The molecule has 2 aromatic heterocycles. The third-order valence-corrected chi connectivity index (χ3v) is 3.82. The predicted octanol–water partition coefficient (Wildman–Crippen LogP) is 3.67. The second kappa shape index (κ2) is 6.79. The van der Waals surface area contributed by atoms with Gasteiger partial charge in [-0.2, -0.15) is 5.10 Å². The zero-order valence-corrected chi connectivity index (χ0v) is 15.6. The minimum Gasteiger partial charge on any atom is -0.452 e. The SMILES string of the molecule is CC(C)(C)c1nnc(COC(=O)c2cnn(-c3cccc(Br)c3)c2)o1. The van der Waals surface area contributed by atoms with Crippen molar-refractivity contribution >= 4 is 21.9 Å². The molecule has 0 N–H and O–H groups in total. The van der Waals surface area contributed by atoms with Gasteiger partial charge >= 0.3 is 5.97 Å². The van der Waals surface area contributed by atoms with E-state index in [0.29, 0.717) is 11.5 Å². The second-order valence-electron chi connectivity index (χ2n) is 6.48. The highest BCUT2D eigenvalue weighted by Gasteiger charge is 2.22. The Hall–Kier alpha value is -2.48. The number of aromatic nitrogens is 4. The molecular formula is C17H17BrN4O3. The molecule has 0 aliphatic rings. The number of ether oxygens (including phenoxy) is 1. The Balaban J connectivity index is 1.65. The van der Waals surface area contributed by atoms with E-state index in [4.69, 9.17) is 9.15 Å². The third kappa shape index (κ3) is 4.14. The van der Waals surface area contributed by atoms with Crippen LogP contribution in [-0.2, 0) is 16.8 Å². The van der Waals surface area contributed by atoms with E-state index in [2.05, 4.69) is 31.2 Å². The van der Waals surface area contributed by atoms with Crippen LogP contribution >= 0.6 is 15.9 Å². The van der Waals surface area contributed by atoms with Gasteiger partial charge in [-0.15, -0.1) is 10.2 Å². The van der Waals surface area contributed by atoms with Crippen molar-refractivity contribution in [2.24, 2.45) is 0 Å². The molecule has 0 saturated heterocycles. The Kier molecular flexibility index (Phi) is 4.71. The molecule has 0 aliphatic heterocycles. The molecule has 3 aromatic rings. The summed E-state index contributed by atoms with van der Waals surface area (Å²) in [7, 11) is 0.